The van der Waals surface area contributed by atoms with Gasteiger partial charge in [0.2, 0.25) is 5.55 Å². The Balaban J connectivity index is 1.76. The highest BCUT2D eigenvalue weighted by atomic mass is 32.2. The zero-order valence-electron chi connectivity index (χ0n) is 19.2. The summed E-state index contributed by atoms with van der Waals surface area (Å²) in [5, 5.41) is 7.33. The van der Waals surface area contributed by atoms with E-state index in [1.807, 2.05) is 6.92 Å². The second kappa shape index (κ2) is 9.90. The fourth-order valence-electron chi connectivity index (χ4n) is 3.29. The SMILES string of the molecule is COc1ccc(OC)c(NC(=O)c2cc3ccccc3o/c2=N/NS(=O)(=O)c2ccc(C)cc2)c1. The molecule has 0 aliphatic heterocycles. The minimum Gasteiger partial charge on any atom is -0.497 e. The summed E-state index contributed by atoms with van der Waals surface area (Å²) in [6.45, 7) is 1.85. The number of sulfonamides is 1. The zero-order chi connectivity index (χ0) is 25.0. The number of hydrogen-bond donors (Lipinski definition) is 2. The standard InChI is InChI=1S/C25H23N3O6S/c1-16-8-11-19(12-9-16)35(30,31)28-27-25-20(14-17-6-4-5-7-22(17)34-25)24(29)26-21-15-18(32-2)10-13-23(21)33-3/h4-15,28H,1-3H3,(H,26,29)/b27-25+. The van der Waals surface area contributed by atoms with E-state index in [4.69, 9.17) is 13.9 Å². The Morgan fingerprint density at radius 1 is 0.943 bits per heavy atom. The molecule has 10 heteroatoms. The van der Waals surface area contributed by atoms with Gasteiger partial charge in [-0.15, -0.1) is 5.10 Å². The summed E-state index contributed by atoms with van der Waals surface area (Å²) in [6, 6.07) is 19.8. The van der Waals surface area contributed by atoms with Gasteiger partial charge in [-0.05, 0) is 43.3 Å². The summed E-state index contributed by atoms with van der Waals surface area (Å²) >= 11 is 0. The second-order valence-electron chi connectivity index (χ2n) is 7.54. The summed E-state index contributed by atoms with van der Waals surface area (Å²) in [4.78, 5) is 15.5. The number of aryl methyl sites for hydroxylation is 1. The number of benzene rings is 3. The van der Waals surface area contributed by atoms with Crippen LogP contribution in [-0.4, -0.2) is 28.5 Å². The van der Waals surface area contributed by atoms with Crippen LogP contribution in [0.1, 0.15) is 15.9 Å². The first-order chi connectivity index (χ1) is 16.8. The number of anilines is 1. The smallest absolute Gasteiger partial charge is 0.276 e. The summed E-state index contributed by atoms with van der Waals surface area (Å²) in [7, 11) is -1.01. The fourth-order valence-corrected chi connectivity index (χ4v) is 4.09. The first-order valence-electron chi connectivity index (χ1n) is 10.5. The first kappa shape index (κ1) is 23.8. The molecule has 2 N–H and O–H groups in total. The molecule has 4 rings (SSSR count). The number of carbonyl (C=O) groups excluding carboxylic acids is 1. The van der Waals surface area contributed by atoms with E-state index >= 15 is 0 Å². The number of carbonyl (C=O) groups is 1. The van der Waals surface area contributed by atoms with Crippen molar-refractivity contribution in [1.82, 2.24) is 4.83 Å². The maximum Gasteiger partial charge on any atom is 0.276 e. The van der Waals surface area contributed by atoms with Gasteiger partial charge in [0.25, 0.3) is 15.9 Å². The van der Waals surface area contributed by atoms with Crippen LogP contribution >= 0.6 is 0 Å². The molecular formula is C25H23N3O6S. The molecule has 35 heavy (non-hydrogen) atoms. The van der Waals surface area contributed by atoms with Gasteiger partial charge in [0, 0.05) is 11.5 Å². The minimum absolute atomic E-state index is 0.0141. The normalized spacial score (nSPS) is 11.8. The quantitative estimate of drug-likeness (QED) is 0.378. The number of rotatable bonds is 7. The second-order valence-corrected chi connectivity index (χ2v) is 9.20. The number of ether oxygens (including phenoxy) is 2. The van der Waals surface area contributed by atoms with Crippen molar-refractivity contribution in [2.24, 2.45) is 5.10 Å². The van der Waals surface area contributed by atoms with Crippen LogP contribution < -0.4 is 25.2 Å². The summed E-state index contributed by atoms with van der Waals surface area (Å²) < 4.78 is 41.8. The molecule has 0 radical (unpaired) electrons. The van der Waals surface area contributed by atoms with Gasteiger partial charge < -0.3 is 19.2 Å². The van der Waals surface area contributed by atoms with E-state index in [1.165, 1.54) is 26.4 Å². The average molecular weight is 494 g/mol. The van der Waals surface area contributed by atoms with Crippen molar-refractivity contribution in [3.8, 4) is 11.5 Å². The maximum atomic E-state index is 13.3. The topological polar surface area (TPSA) is 119 Å². The van der Waals surface area contributed by atoms with E-state index in [0.717, 1.165) is 5.56 Å². The molecule has 0 saturated heterocycles. The van der Waals surface area contributed by atoms with Gasteiger partial charge >= 0.3 is 0 Å². The average Bonchev–Trinajstić information content (AvgIpc) is 2.87. The molecule has 0 aliphatic carbocycles. The van der Waals surface area contributed by atoms with Crippen LogP contribution in [0.15, 0.2) is 87.2 Å². The number of amides is 1. The lowest BCUT2D eigenvalue weighted by atomic mass is 10.1. The highest BCUT2D eigenvalue weighted by Crippen LogP contribution is 2.29. The van der Waals surface area contributed by atoms with Gasteiger partial charge in [0.15, 0.2) is 0 Å². The van der Waals surface area contributed by atoms with Gasteiger partial charge in [-0.3, -0.25) is 4.79 Å². The van der Waals surface area contributed by atoms with Crippen molar-refractivity contribution in [3.05, 3.63) is 89.5 Å². The van der Waals surface area contributed by atoms with Gasteiger partial charge in [0.05, 0.1) is 24.8 Å². The molecule has 0 fully saturated rings. The van der Waals surface area contributed by atoms with Crippen LogP contribution in [0.3, 0.4) is 0 Å². The lowest BCUT2D eigenvalue weighted by Gasteiger charge is -2.12. The predicted octanol–water partition coefficient (Wildman–Crippen LogP) is 3.80. The van der Waals surface area contributed by atoms with Gasteiger partial charge in [0.1, 0.15) is 22.6 Å². The van der Waals surface area contributed by atoms with Crippen molar-refractivity contribution < 1.29 is 27.1 Å². The molecule has 0 spiro atoms. The van der Waals surface area contributed by atoms with E-state index in [2.05, 4.69) is 15.2 Å². The van der Waals surface area contributed by atoms with E-state index in [-0.39, 0.29) is 16.0 Å². The van der Waals surface area contributed by atoms with Gasteiger partial charge in [-0.2, -0.15) is 13.2 Å². The molecule has 1 amide bonds. The molecular weight excluding hydrogens is 470 g/mol. The molecule has 1 heterocycles. The minimum atomic E-state index is -3.99. The summed E-state index contributed by atoms with van der Waals surface area (Å²) in [5.74, 6) is 0.342. The predicted molar refractivity (Wildman–Crippen MR) is 131 cm³/mol. The molecule has 0 bridgehead atoms. The molecule has 0 atom stereocenters. The third kappa shape index (κ3) is 5.28. The van der Waals surface area contributed by atoms with E-state index in [1.54, 1.807) is 60.7 Å². The van der Waals surface area contributed by atoms with Crippen molar-refractivity contribution in [3.63, 3.8) is 0 Å². The van der Waals surface area contributed by atoms with Crippen LogP contribution in [0.25, 0.3) is 11.0 Å². The molecule has 1 aromatic heterocycles. The van der Waals surface area contributed by atoms with Crippen LogP contribution in [0.5, 0.6) is 11.5 Å². The Hall–Kier alpha value is -4.31. The Kier molecular flexibility index (Phi) is 6.74. The first-order valence-corrected chi connectivity index (χ1v) is 12.0. The Morgan fingerprint density at radius 2 is 1.69 bits per heavy atom. The zero-order valence-corrected chi connectivity index (χ0v) is 20.0. The number of nitrogens with zero attached hydrogens (tertiary/aromatic N) is 1. The van der Waals surface area contributed by atoms with Gasteiger partial charge in [-0.1, -0.05) is 35.9 Å². The summed E-state index contributed by atoms with van der Waals surface area (Å²) in [5.41, 5.74) is 1.50. The van der Waals surface area contributed by atoms with Crippen molar-refractivity contribution in [2.75, 3.05) is 19.5 Å². The number of fused-ring (bicyclic) bond motifs is 1. The monoisotopic (exact) mass is 493 g/mol. The van der Waals surface area contributed by atoms with E-state index in [0.29, 0.717) is 28.2 Å². The molecule has 0 aliphatic rings. The fraction of sp³-hybridized carbons (Fsp3) is 0.120. The third-order valence-corrected chi connectivity index (χ3v) is 6.38. The Morgan fingerprint density at radius 3 is 2.40 bits per heavy atom. The van der Waals surface area contributed by atoms with Crippen LogP contribution in [-0.2, 0) is 10.0 Å². The number of nitrogens with one attached hydrogen (secondary N) is 2. The summed E-state index contributed by atoms with van der Waals surface area (Å²) in [6.07, 6.45) is 0. The van der Waals surface area contributed by atoms with Gasteiger partial charge in [-0.25, -0.2) is 0 Å². The van der Waals surface area contributed by atoms with E-state index in [9.17, 15) is 13.2 Å². The molecule has 9 nitrogen and oxygen atoms in total. The lowest BCUT2D eigenvalue weighted by molar-refractivity contribution is 0.102. The number of hydrogen-bond acceptors (Lipinski definition) is 7. The molecule has 0 unspecified atom stereocenters. The van der Waals surface area contributed by atoms with Crippen LogP contribution in [0, 0.1) is 6.92 Å². The molecule has 180 valence electrons. The largest absolute Gasteiger partial charge is 0.497 e. The van der Waals surface area contributed by atoms with E-state index < -0.39 is 15.9 Å². The number of para-hydroxylation sites is 1. The van der Waals surface area contributed by atoms with Crippen molar-refractivity contribution in [2.45, 2.75) is 11.8 Å². The lowest BCUT2D eigenvalue weighted by Crippen LogP contribution is -2.27. The van der Waals surface area contributed by atoms with Crippen LogP contribution in [0.4, 0.5) is 5.69 Å². The van der Waals surface area contributed by atoms with Crippen molar-refractivity contribution >= 4 is 32.6 Å². The molecule has 4 aromatic rings. The Bertz CT molecular complexity index is 1560. The molecule has 3 aromatic carbocycles. The highest BCUT2D eigenvalue weighted by Gasteiger charge is 2.17. The Labute approximate surface area is 202 Å². The van der Waals surface area contributed by atoms with Crippen LogP contribution in [0.2, 0.25) is 0 Å². The highest BCUT2D eigenvalue weighted by molar-refractivity contribution is 7.89. The number of methoxy groups -OCH3 is 2. The third-order valence-electron chi connectivity index (χ3n) is 5.15. The van der Waals surface area contributed by atoms with Crippen molar-refractivity contribution in [1.29, 1.82) is 0 Å². The molecule has 0 saturated carbocycles. The maximum absolute atomic E-state index is 13.3.